The number of hydrogen-bond donors (Lipinski definition) is 1. The third-order valence-corrected chi connectivity index (χ3v) is 4.18. The molecule has 1 fully saturated rings. The Bertz CT molecular complexity index is 146. The van der Waals surface area contributed by atoms with Crippen molar-refractivity contribution in [3.8, 4) is 0 Å². The van der Waals surface area contributed by atoms with E-state index in [1.54, 1.807) is 7.11 Å². The third-order valence-electron chi connectivity index (χ3n) is 2.78. The van der Waals surface area contributed by atoms with Crippen molar-refractivity contribution in [1.29, 1.82) is 0 Å². The van der Waals surface area contributed by atoms with Crippen LogP contribution in [0.5, 0.6) is 0 Å². The first-order chi connectivity index (χ1) is 6.74. The summed E-state index contributed by atoms with van der Waals surface area (Å²) in [5.74, 6) is 2.00. The molecule has 2 nitrogen and oxygen atoms in total. The highest BCUT2D eigenvalue weighted by Gasteiger charge is 2.18. The Balaban J connectivity index is 2.17. The lowest BCUT2D eigenvalue weighted by Gasteiger charge is -2.23. The highest BCUT2D eigenvalue weighted by atomic mass is 32.2. The van der Waals surface area contributed by atoms with E-state index in [2.05, 4.69) is 30.9 Å². The summed E-state index contributed by atoms with van der Waals surface area (Å²) in [7, 11) is 1.78. The molecule has 14 heavy (non-hydrogen) atoms. The number of hydrogen-bond acceptors (Lipinski definition) is 3. The van der Waals surface area contributed by atoms with Crippen LogP contribution >= 0.6 is 11.8 Å². The fourth-order valence-electron chi connectivity index (χ4n) is 1.75. The van der Waals surface area contributed by atoms with Crippen molar-refractivity contribution in [2.75, 3.05) is 26.0 Å². The smallest absolute Gasteiger partial charge is 0.0618 e. The normalized spacial score (nSPS) is 24.4. The van der Waals surface area contributed by atoms with Gasteiger partial charge in [0.25, 0.3) is 0 Å². The predicted octanol–water partition coefficient (Wildman–Crippen LogP) is 2.14. The van der Waals surface area contributed by atoms with Crippen molar-refractivity contribution in [3.05, 3.63) is 0 Å². The fourth-order valence-corrected chi connectivity index (χ4v) is 2.97. The lowest BCUT2D eigenvalue weighted by atomic mass is 10.1. The van der Waals surface area contributed by atoms with Crippen molar-refractivity contribution in [2.45, 2.75) is 38.0 Å². The van der Waals surface area contributed by atoms with Crippen LogP contribution in [0.4, 0.5) is 0 Å². The maximum atomic E-state index is 5.21. The van der Waals surface area contributed by atoms with Crippen LogP contribution in [-0.2, 0) is 4.74 Å². The number of nitrogens with one attached hydrogen (secondary N) is 1. The molecule has 0 bridgehead atoms. The van der Waals surface area contributed by atoms with E-state index in [0.29, 0.717) is 12.0 Å². The Kier molecular flexibility index (Phi) is 5.90. The molecule has 84 valence electrons. The van der Waals surface area contributed by atoms with Crippen LogP contribution in [-0.4, -0.2) is 37.3 Å². The van der Waals surface area contributed by atoms with E-state index in [4.69, 9.17) is 4.74 Å². The van der Waals surface area contributed by atoms with Crippen LogP contribution in [0.3, 0.4) is 0 Å². The summed E-state index contributed by atoms with van der Waals surface area (Å²) >= 11 is 2.11. The zero-order valence-electron chi connectivity index (χ0n) is 9.58. The SMILES string of the molecule is COC[C@@H](NC[C@@H]1CCCS1)C(C)C. The fraction of sp³-hybridized carbons (Fsp3) is 1.00. The van der Waals surface area contributed by atoms with Gasteiger partial charge in [-0.25, -0.2) is 0 Å². The molecule has 0 aromatic carbocycles. The predicted molar refractivity (Wildman–Crippen MR) is 64.0 cm³/mol. The number of methoxy groups -OCH3 is 1. The summed E-state index contributed by atoms with van der Waals surface area (Å²) < 4.78 is 5.21. The summed E-state index contributed by atoms with van der Waals surface area (Å²) in [5.41, 5.74) is 0. The van der Waals surface area contributed by atoms with E-state index in [1.807, 2.05) is 0 Å². The quantitative estimate of drug-likeness (QED) is 0.736. The van der Waals surface area contributed by atoms with E-state index >= 15 is 0 Å². The van der Waals surface area contributed by atoms with E-state index < -0.39 is 0 Å². The molecule has 0 aromatic rings. The molecule has 1 saturated heterocycles. The van der Waals surface area contributed by atoms with E-state index in [-0.39, 0.29) is 0 Å². The van der Waals surface area contributed by atoms with Crippen LogP contribution in [0.15, 0.2) is 0 Å². The molecular weight excluding hydrogens is 194 g/mol. The second-order valence-electron chi connectivity index (χ2n) is 4.35. The van der Waals surface area contributed by atoms with Crippen LogP contribution in [0.1, 0.15) is 26.7 Å². The monoisotopic (exact) mass is 217 g/mol. The highest BCUT2D eigenvalue weighted by molar-refractivity contribution is 8.00. The Hall–Kier alpha value is 0.270. The van der Waals surface area contributed by atoms with Crippen molar-refractivity contribution in [1.82, 2.24) is 5.32 Å². The second kappa shape index (κ2) is 6.70. The van der Waals surface area contributed by atoms with Gasteiger partial charge in [-0.15, -0.1) is 0 Å². The molecule has 0 amide bonds. The molecule has 0 aliphatic carbocycles. The minimum absolute atomic E-state index is 0.515. The lowest BCUT2D eigenvalue weighted by Crippen LogP contribution is -2.40. The molecule has 1 heterocycles. The first-order valence-corrected chi connectivity index (χ1v) is 6.63. The maximum absolute atomic E-state index is 5.21. The summed E-state index contributed by atoms with van der Waals surface area (Å²) in [5, 5.41) is 4.46. The Morgan fingerprint density at radius 1 is 1.50 bits per heavy atom. The van der Waals surface area contributed by atoms with Crippen molar-refractivity contribution >= 4 is 11.8 Å². The lowest BCUT2D eigenvalue weighted by molar-refractivity contribution is 0.147. The highest BCUT2D eigenvalue weighted by Crippen LogP contribution is 2.25. The van der Waals surface area contributed by atoms with Crippen molar-refractivity contribution in [2.24, 2.45) is 5.92 Å². The minimum atomic E-state index is 0.515. The Morgan fingerprint density at radius 3 is 2.79 bits per heavy atom. The number of ether oxygens (including phenoxy) is 1. The van der Waals surface area contributed by atoms with Gasteiger partial charge in [0.05, 0.1) is 6.61 Å². The van der Waals surface area contributed by atoms with Gasteiger partial charge in [0.1, 0.15) is 0 Å². The molecule has 0 unspecified atom stereocenters. The van der Waals surface area contributed by atoms with Crippen LogP contribution in [0.25, 0.3) is 0 Å². The first kappa shape index (κ1) is 12.3. The number of rotatable bonds is 6. The maximum Gasteiger partial charge on any atom is 0.0618 e. The third kappa shape index (κ3) is 4.20. The first-order valence-electron chi connectivity index (χ1n) is 5.58. The molecular formula is C11H23NOS. The molecule has 0 aromatic heterocycles. The van der Waals surface area contributed by atoms with Gasteiger partial charge >= 0.3 is 0 Å². The van der Waals surface area contributed by atoms with Crippen LogP contribution in [0.2, 0.25) is 0 Å². The Morgan fingerprint density at radius 2 is 2.29 bits per heavy atom. The van der Waals surface area contributed by atoms with Gasteiger partial charge in [0, 0.05) is 24.9 Å². The Labute approximate surface area is 92.2 Å². The standard InChI is InChI=1S/C11H23NOS/c1-9(2)11(8-13-3)12-7-10-5-4-6-14-10/h9-12H,4-8H2,1-3H3/t10-,11+/m0/s1. The average molecular weight is 217 g/mol. The largest absolute Gasteiger partial charge is 0.383 e. The molecule has 0 radical (unpaired) electrons. The average Bonchev–Trinajstić information content (AvgIpc) is 2.64. The molecule has 1 aliphatic heterocycles. The summed E-state index contributed by atoms with van der Waals surface area (Å²) in [6.07, 6.45) is 2.78. The summed E-state index contributed by atoms with van der Waals surface area (Å²) in [4.78, 5) is 0. The second-order valence-corrected chi connectivity index (χ2v) is 5.76. The molecule has 2 atom stereocenters. The number of thioether (sulfide) groups is 1. The van der Waals surface area contributed by atoms with Crippen molar-refractivity contribution < 1.29 is 4.74 Å². The van der Waals surface area contributed by atoms with Gasteiger partial charge < -0.3 is 10.1 Å². The molecule has 1 aliphatic rings. The van der Waals surface area contributed by atoms with Crippen molar-refractivity contribution in [3.63, 3.8) is 0 Å². The van der Waals surface area contributed by atoms with Crippen LogP contribution in [0, 0.1) is 5.92 Å². The summed E-state index contributed by atoms with van der Waals surface area (Å²) in [6.45, 7) is 6.48. The van der Waals surface area contributed by atoms with E-state index in [0.717, 1.165) is 18.4 Å². The molecule has 0 saturated carbocycles. The van der Waals surface area contributed by atoms with Gasteiger partial charge in [-0.1, -0.05) is 13.8 Å². The van der Waals surface area contributed by atoms with Gasteiger partial charge in [-0.05, 0) is 24.5 Å². The molecule has 1 N–H and O–H groups in total. The van der Waals surface area contributed by atoms with Gasteiger partial charge in [-0.3, -0.25) is 0 Å². The minimum Gasteiger partial charge on any atom is -0.383 e. The molecule has 0 spiro atoms. The van der Waals surface area contributed by atoms with E-state index in [9.17, 15) is 0 Å². The van der Waals surface area contributed by atoms with Crippen LogP contribution < -0.4 is 5.32 Å². The van der Waals surface area contributed by atoms with Gasteiger partial charge in [-0.2, -0.15) is 11.8 Å². The summed E-state index contributed by atoms with van der Waals surface area (Å²) in [6, 6.07) is 0.515. The topological polar surface area (TPSA) is 21.3 Å². The molecule has 1 rings (SSSR count). The zero-order chi connectivity index (χ0) is 10.4. The van der Waals surface area contributed by atoms with Gasteiger partial charge in [0.2, 0.25) is 0 Å². The van der Waals surface area contributed by atoms with E-state index in [1.165, 1.54) is 18.6 Å². The molecule has 3 heteroatoms. The van der Waals surface area contributed by atoms with Gasteiger partial charge in [0.15, 0.2) is 0 Å². The zero-order valence-corrected chi connectivity index (χ0v) is 10.4.